The number of aromatic carboxylic acids is 1. The van der Waals surface area contributed by atoms with E-state index in [9.17, 15) is 10.1 Å². The van der Waals surface area contributed by atoms with Gasteiger partial charge in [-0.3, -0.25) is 0 Å². The fourth-order valence-electron chi connectivity index (χ4n) is 2.55. The number of carboxylic acid groups (broad SMARTS) is 1. The highest BCUT2D eigenvalue weighted by molar-refractivity contribution is 7.17. The molecule has 24 heavy (non-hydrogen) atoms. The topological polar surface area (TPSA) is 74.0 Å². The zero-order valence-corrected chi connectivity index (χ0v) is 14.0. The molecule has 1 N–H and O–H groups in total. The number of carbonyl (C=O) groups is 1. The maximum Gasteiger partial charge on any atom is 0.347 e. The van der Waals surface area contributed by atoms with Crippen molar-refractivity contribution in [3.05, 3.63) is 64.2 Å². The first-order chi connectivity index (χ1) is 11.5. The van der Waals surface area contributed by atoms with Gasteiger partial charge in [-0.25, -0.2) is 9.78 Å². The number of nitriles is 1. The maximum absolute atomic E-state index is 11.2. The molecule has 4 nitrogen and oxygen atoms in total. The zero-order valence-electron chi connectivity index (χ0n) is 13.2. The fourth-order valence-corrected chi connectivity index (χ4v) is 3.45. The average molecular weight is 334 g/mol. The first-order valence-electron chi connectivity index (χ1n) is 7.32. The second-order valence-electron chi connectivity index (χ2n) is 5.48. The lowest BCUT2D eigenvalue weighted by Crippen LogP contribution is -1.94. The molecule has 0 spiro atoms. The minimum Gasteiger partial charge on any atom is -0.477 e. The standard InChI is InChI=1S/C19H14N2O2S/c1-11-4-3-5-13(8-11)16-7-6-14(9-15(16)10-20)18-21-12(2)17(24-18)19(22)23/h3-9H,1-2H3,(H,22,23). The van der Waals surface area contributed by atoms with Crippen molar-refractivity contribution in [2.24, 2.45) is 0 Å². The third-order valence-electron chi connectivity index (χ3n) is 3.71. The molecule has 118 valence electrons. The van der Waals surface area contributed by atoms with Crippen LogP contribution in [0.4, 0.5) is 0 Å². The van der Waals surface area contributed by atoms with E-state index < -0.39 is 5.97 Å². The highest BCUT2D eigenvalue weighted by atomic mass is 32.1. The maximum atomic E-state index is 11.2. The van der Waals surface area contributed by atoms with Crippen LogP contribution in [0.2, 0.25) is 0 Å². The SMILES string of the molecule is Cc1cccc(-c2ccc(-c3nc(C)c(C(=O)O)s3)cc2C#N)c1. The number of thiazole rings is 1. The zero-order chi connectivity index (χ0) is 17.3. The minimum absolute atomic E-state index is 0.228. The average Bonchev–Trinajstić information content (AvgIpc) is 2.96. The summed E-state index contributed by atoms with van der Waals surface area (Å²) >= 11 is 1.12. The van der Waals surface area contributed by atoms with Crippen molar-refractivity contribution in [1.29, 1.82) is 5.26 Å². The van der Waals surface area contributed by atoms with Crippen LogP contribution in [0.15, 0.2) is 42.5 Å². The fraction of sp³-hybridized carbons (Fsp3) is 0.105. The molecule has 0 bridgehead atoms. The first kappa shape index (κ1) is 15.9. The van der Waals surface area contributed by atoms with Gasteiger partial charge in [0.25, 0.3) is 0 Å². The van der Waals surface area contributed by atoms with Crippen molar-refractivity contribution in [2.75, 3.05) is 0 Å². The second-order valence-corrected chi connectivity index (χ2v) is 6.48. The summed E-state index contributed by atoms with van der Waals surface area (Å²) < 4.78 is 0. The van der Waals surface area contributed by atoms with Crippen molar-refractivity contribution < 1.29 is 9.90 Å². The Hall–Kier alpha value is -2.97. The number of benzene rings is 2. The summed E-state index contributed by atoms with van der Waals surface area (Å²) in [5.41, 5.74) is 4.76. The van der Waals surface area contributed by atoms with Crippen LogP contribution in [-0.2, 0) is 0 Å². The molecule has 2 aromatic carbocycles. The summed E-state index contributed by atoms with van der Waals surface area (Å²) in [7, 11) is 0. The van der Waals surface area contributed by atoms with Crippen LogP contribution in [0.5, 0.6) is 0 Å². The molecule has 1 aromatic heterocycles. The number of nitrogens with zero attached hydrogens (tertiary/aromatic N) is 2. The van der Waals surface area contributed by atoms with Gasteiger partial charge >= 0.3 is 5.97 Å². The molecule has 0 saturated heterocycles. The van der Waals surface area contributed by atoms with E-state index in [2.05, 4.69) is 11.1 Å². The number of hydrogen-bond acceptors (Lipinski definition) is 4. The Balaban J connectivity index is 2.09. The molecule has 0 amide bonds. The van der Waals surface area contributed by atoms with Crippen molar-refractivity contribution in [3.63, 3.8) is 0 Å². The molecular formula is C19H14N2O2S. The number of aromatic nitrogens is 1. The highest BCUT2D eigenvalue weighted by Gasteiger charge is 2.16. The van der Waals surface area contributed by atoms with E-state index in [0.717, 1.165) is 33.6 Å². The van der Waals surface area contributed by atoms with Crippen molar-refractivity contribution in [1.82, 2.24) is 4.98 Å². The van der Waals surface area contributed by atoms with Gasteiger partial charge in [0.05, 0.1) is 17.3 Å². The van der Waals surface area contributed by atoms with E-state index in [0.29, 0.717) is 16.3 Å². The van der Waals surface area contributed by atoms with Crippen molar-refractivity contribution in [3.8, 4) is 27.8 Å². The third kappa shape index (κ3) is 2.92. The Labute approximate surface area is 143 Å². The van der Waals surface area contributed by atoms with E-state index in [1.807, 2.05) is 43.3 Å². The first-order valence-corrected chi connectivity index (χ1v) is 8.13. The monoisotopic (exact) mass is 334 g/mol. The Morgan fingerprint density at radius 2 is 1.96 bits per heavy atom. The largest absolute Gasteiger partial charge is 0.477 e. The summed E-state index contributed by atoms with van der Waals surface area (Å²) in [6.45, 7) is 3.69. The Bertz CT molecular complexity index is 983. The van der Waals surface area contributed by atoms with Gasteiger partial charge in [0.2, 0.25) is 0 Å². The molecule has 5 heteroatoms. The van der Waals surface area contributed by atoms with Crippen LogP contribution < -0.4 is 0 Å². The predicted octanol–water partition coefficient (Wildman–Crippen LogP) is 4.66. The molecule has 0 fully saturated rings. The van der Waals surface area contributed by atoms with E-state index in [1.165, 1.54) is 0 Å². The molecule has 0 saturated carbocycles. The summed E-state index contributed by atoms with van der Waals surface area (Å²) in [6.07, 6.45) is 0. The van der Waals surface area contributed by atoms with E-state index in [1.54, 1.807) is 13.0 Å². The summed E-state index contributed by atoms with van der Waals surface area (Å²) in [5.74, 6) is -0.979. The van der Waals surface area contributed by atoms with Gasteiger partial charge in [0.1, 0.15) is 9.88 Å². The van der Waals surface area contributed by atoms with E-state index in [4.69, 9.17) is 5.11 Å². The van der Waals surface area contributed by atoms with Crippen molar-refractivity contribution >= 4 is 17.3 Å². The van der Waals surface area contributed by atoms with Gasteiger partial charge in [-0.1, -0.05) is 42.0 Å². The molecule has 0 unspecified atom stereocenters. The normalized spacial score (nSPS) is 10.4. The smallest absolute Gasteiger partial charge is 0.347 e. The van der Waals surface area contributed by atoms with Crippen LogP contribution >= 0.6 is 11.3 Å². The molecule has 0 radical (unpaired) electrons. The van der Waals surface area contributed by atoms with Gasteiger partial charge in [0.15, 0.2) is 0 Å². The quantitative estimate of drug-likeness (QED) is 0.755. The lowest BCUT2D eigenvalue weighted by Gasteiger charge is -2.07. The minimum atomic E-state index is -0.979. The number of carboxylic acids is 1. The lowest BCUT2D eigenvalue weighted by molar-refractivity contribution is 0.0701. The Morgan fingerprint density at radius 3 is 2.58 bits per heavy atom. The van der Waals surface area contributed by atoms with Crippen LogP contribution in [-0.4, -0.2) is 16.1 Å². The molecular weight excluding hydrogens is 320 g/mol. The van der Waals surface area contributed by atoms with Crippen LogP contribution in [0.1, 0.15) is 26.5 Å². The second kappa shape index (κ2) is 6.26. The van der Waals surface area contributed by atoms with Gasteiger partial charge in [-0.15, -0.1) is 11.3 Å². The summed E-state index contributed by atoms with van der Waals surface area (Å²) in [6, 6.07) is 15.7. The molecule has 0 aliphatic carbocycles. The number of hydrogen-bond donors (Lipinski definition) is 1. The van der Waals surface area contributed by atoms with Gasteiger partial charge in [-0.05, 0) is 31.0 Å². The summed E-state index contributed by atoms with van der Waals surface area (Å²) in [4.78, 5) is 15.7. The highest BCUT2D eigenvalue weighted by Crippen LogP contribution is 2.32. The molecule has 3 aromatic rings. The Kier molecular flexibility index (Phi) is 4.15. The summed E-state index contributed by atoms with van der Waals surface area (Å²) in [5, 5.41) is 19.3. The molecule has 0 atom stereocenters. The van der Waals surface area contributed by atoms with E-state index >= 15 is 0 Å². The van der Waals surface area contributed by atoms with E-state index in [-0.39, 0.29) is 4.88 Å². The molecule has 3 rings (SSSR count). The molecule has 0 aliphatic heterocycles. The van der Waals surface area contributed by atoms with Crippen LogP contribution in [0, 0.1) is 25.2 Å². The van der Waals surface area contributed by atoms with Crippen LogP contribution in [0.3, 0.4) is 0 Å². The number of rotatable bonds is 3. The van der Waals surface area contributed by atoms with Gasteiger partial charge < -0.3 is 5.11 Å². The van der Waals surface area contributed by atoms with Crippen molar-refractivity contribution in [2.45, 2.75) is 13.8 Å². The molecule has 0 aliphatic rings. The Morgan fingerprint density at radius 1 is 1.17 bits per heavy atom. The third-order valence-corrected chi connectivity index (χ3v) is 4.90. The van der Waals surface area contributed by atoms with Crippen LogP contribution in [0.25, 0.3) is 21.7 Å². The lowest BCUT2D eigenvalue weighted by atomic mass is 9.97. The molecule has 1 heterocycles. The van der Waals surface area contributed by atoms with Gasteiger partial charge in [0, 0.05) is 5.56 Å². The van der Waals surface area contributed by atoms with Gasteiger partial charge in [-0.2, -0.15) is 5.26 Å². The number of aryl methyl sites for hydroxylation is 2. The predicted molar refractivity (Wildman–Crippen MR) is 94.1 cm³/mol.